The van der Waals surface area contributed by atoms with Crippen molar-refractivity contribution >= 4 is 21.6 Å². The van der Waals surface area contributed by atoms with Crippen LogP contribution in [0.2, 0.25) is 0 Å². The summed E-state index contributed by atoms with van der Waals surface area (Å²) in [5, 5.41) is -0.397. The average molecular weight is 317 g/mol. The van der Waals surface area contributed by atoms with Crippen molar-refractivity contribution in [2.75, 3.05) is 12.3 Å². The van der Waals surface area contributed by atoms with Crippen LogP contribution in [0.25, 0.3) is 0 Å². The monoisotopic (exact) mass is 317 g/mol. The fourth-order valence-electron chi connectivity index (χ4n) is 1.52. The number of thioether (sulfide) groups is 1. The lowest BCUT2D eigenvalue weighted by Gasteiger charge is -2.11. The molecule has 0 fully saturated rings. The summed E-state index contributed by atoms with van der Waals surface area (Å²) < 4.78 is 37.4. The van der Waals surface area contributed by atoms with Crippen LogP contribution < -0.4 is 5.73 Å². The van der Waals surface area contributed by atoms with Crippen molar-refractivity contribution in [3.05, 3.63) is 36.2 Å². The van der Waals surface area contributed by atoms with Gasteiger partial charge in [-0.05, 0) is 43.7 Å². The lowest BCUT2D eigenvalue weighted by Crippen LogP contribution is -2.16. The fraction of sp³-hybridized carbons (Fsp3) is 0.429. The Labute approximate surface area is 124 Å². The first kappa shape index (κ1) is 17.2. The van der Waals surface area contributed by atoms with Crippen molar-refractivity contribution in [2.45, 2.75) is 35.3 Å². The Balaban J connectivity index is 2.77. The Kier molecular flexibility index (Phi) is 6.71. The van der Waals surface area contributed by atoms with E-state index in [2.05, 4.69) is 0 Å². The molecular formula is C14H20FNO2S2. The van der Waals surface area contributed by atoms with E-state index in [-0.39, 0.29) is 18.1 Å². The second kappa shape index (κ2) is 7.81. The molecule has 6 heteroatoms. The van der Waals surface area contributed by atoms with Gasteiger partial charge < -0.3 is 5.73 Å². The third-order valence-electron chi connectivity index (χ3n) is 2.97. The molecule has 1 rings (SSSR count). The zero-order chi connectivity index (χ0) is 15.2. The Morgan fingerprint density at radius 3 is 2.50 bits per heavy atom. The Morgan fingerprint density at radius 1 is 1.40 bits per heavy atom. The highest BCUT2D eigenvalue weighted by molar-refractivity contribution is 7.99. The number of sulfone groups is 1. The van der Waals surface area contributed by atoms with Crippen LogP contribution in [0.3, 0.4) is 0 Å². The highest BCUT2D eigenvalue weighted by Gasteiger charge is 2.21. The van der Waals surface area contributed by atoms with Gasteiger partial charge in [0.1, 0.15) is 5.83 Å². The topological polar surface area (TPSA) is 60.2 Å². The fourth-order valence-corrected chi connectivity index (χ4v) is 3.69. The van der Waals surface area contributed by atoms with E-state index < -0.39 is 15.1 Å². The molecule has 1 atom stereocenters. The van der Waals surface area contributed by atoms with Crippen LogP contribution in [0.4, 0.5) is 4.39 Å². The van der Waals surface area contributed by atoms with Crippen molar-refractivity contribution in [1.29, 1.82) is 0 Å². The summed E-state index contributed by atoms with van der Waals surface area (Å²) >= 11 is 1.31. The third-order valence-corrected chi connectivity index (χ3v) is 6.32. The van der Waals surface area contributed by atoms with E-state index in [9.17, 15) is 12.8 Å². The standard InChI is InChI=1S/C14H20FNO2S2/c1-3-11(2)20(17,18)14-6-4-13(5-7-14)19-10-12(15)8-9-16/h4-8,11H,3,9-10,16H2,1-2H3. The summed E-state index contributed by atoms with van der Waals surface area (Å²) in [6.07, 6.45) is 1.91. The van der Waals surface area contributed by atoms with Gasteiger partial charge in [-0.1, -0.05) is 6.92 Å². The second-order valence-corrected chi connectivity index (χ2v) is 7.83. The second-order valence-electron chi connectivity index (χ2n) is 4.41. The molecule has 0 amide bonds. The maximum Gasteiger partial charge on any atom is 0.180 e. The summed E-state index contributed by atoms with van der Waals surface area (Å²) in [4.78, 5) is 1.14. The molecule has 0 aliphatic heterocycles. The minimum Gasteiger partial charge on any atom is -0.327 e. The van der Waals surface area contributed by atoms with E-state index in [1.165, 1.54) is 17.8 Å². The highest BCUT2D eigenvalue weighted by atomic mass is 32.2. The van der Waals surface area contributed by atoms with Crippen LogP contribution in [0, 0.1) is 0 Å². The zero-order valence-electron chi connectivity index (χ0n) is 11.7. The molecule has 112 valence electrons. The summed E-state index contributed by atoms with van der Waals surface area (Å²) in [5.74, 6) is -0.0666. The van der Waals surface area contributed by atoms with E-state index in [1.807, 2.05) is 6.92 Å². The summed E-state index contributed by atoms with van der Waals surface area (Å²) in [6, 6.07) is 6.56. The van der Waals surface area contributed by atoms with Gasteiger partial charge in [0.25, 0.3) is 0 Å². The van der Waals surface area contributed by atoms with Gasteiger partial charge in [-0.2, -0.15) is 0 Å². The van der Waals surface area contributed by atoms with E-state index in [4.69, 9.17) is 5.73 Å². The highest BCUT2D eigenvalue weighted by Crippen LogP contribution is 2.24. The molecular weight excluding hydrogens is 297 g/mol. The first-order valence-electron chi connectivity index (χ1n) is 6.43. The predicted octanol–water partition coefficient (Wildman–Crippen LogP) is 3.16. The first-order valence-corrected chi connectivity index (χ1v) is 8.96. The van der Waals surface area contributed by atoms with Gasteiger partial charge in [0.05, 0.1) is 10.1 Å². The minimum atomic E-state index is -3.26. The van der Waals surface area contributed by atoms with Crippen LogP contribution in [0.5, 0.6) is 0 Å². The quantitative estimate of drug-likeness (QED) is 0.785. The predicted molar refractivity (Wildman–Crippen MR) is 82.4 cm³/mol. The number of nitrogens with two attached hydrogens (primary N) is 1. The lowest BCUT2D eigenvalue weighted by molar-refractivity contribution is 0.581. The molecule has 20 heavy (non-hydrogen) atoms. The van der Waals surface area contributed by atoms with Crippen LogP contribution in [-0.2, 0) is 9.84 Å². The number of halogens is 1. The van der Waals surface area contributed by atoms with Crippen LogP contribution in [0.15, 0.2) is 46.0 Å². The lowest BCUT2D eigenvalue weighted by atomic mass is 10.4. The molecule has 0 aliphatic carbocycles. The number of hydrogen-bond acceptors (Lipinski definition) is 4. The van der Waals surface area contributed by atoms with Crippen molar-refractivity contribution in [3.63, 3.8) is 0 Å². The molecule has 0 saturated carbocycles. The van der Waals surface area contributed by atoms with E-state index in [0.29, 0.717) is 11.3 Å². The van der Waals surface area contributed by atoms with Crippen LogP contribution in [0.1, 0.15) is 20.3 Å². The molecule has 0 bridgehead atoms. The number of hydrogen-bond donors (Lipinski definition) is 1. The van der Waals surface area contributed by atoms with Crippen molar-refractivity contribution < 1.29 is 12.8 Å². The van der Waals surface area contributed by atoms with E-state index in [1.54, 1.807) is 31.2 Å². The molecule has 0 spiro atoms. The van der Waals surface area contributed by atoms with Crippen molar-refractivity contribution in [2.24, 2.45) is 5.73 Å². The maximum absolute atomic E-state index is 13.2. The van der Waals surface area contributed by atoms with Gasteiger partial charge in [0.2, 0.25) is 0 Å². The molecule has 0 aromatic heterocycles. The minimum absolute atomic E-state index is 0.179. The number of benzene rings is 1. The SMILES string of the molecule is CCC(C)S(=O)(=O)c1ccc(SCC(F)=CCN)cc1. The zero-order valence-corrected chi connectivity index (χ0v) is 13.3. The summed E-state index contributed by atoms with van der Waals surface area (Å²) in [5.41, 5.74) is 5.22. The first-order chi connectivity index (χ1) is 9.41. The Hall–Kier alpha value is -0.850. The van der Waals surface area contributed by atoms with Gasteiger partial charge in [-0.3, -0.25) is 0 Å². The maximum atomic E-state index is 13.2. The molecule has 0 radical (unpaired) electrons. The van der Waals surface area contributed by atoms with E-state index >= 15 is 0 Å². The van der Waals surface area contributed by atoms with E-state index in [0.717, 1.165) is 4.90 Å². The smallest absolute Gasteiger partial charge is 0.180 e. The van der Waals surface area contributed by atoms with Gasteiger partial charge >= 0.3 is 0 Å². The van der Waals surface area contributed by atoms with Gasteiger partial charge in [0, 0.05) is 17.2 Å². The van der Waals surface area contributed by atoms with Crippen LogP contribution in [-0.4, -0.2) is 26.0 Å². The summed E-state index contributed by atoms with van der Waals surface area (Å²) in [7, 11) is -3.26. The molecule has 1 unspecified atom stereocenters. The average Bonchev–Trinajstić information content (AvgIpc) is 2.45. The van der Waals surface area contributed by atoms with Crippen molar-refractivity contribution in [1.82, 2.24) is 0 Å². The van der Waals surface area contributed by atoms with Gasteiger partial charge in [-0.25, -0.2) is 12.8 Å². The van der Waals surface area contributed by atoms with Crippen molar-refractivity contribution in [3.8, 4) is 0 Å². The normalized spacial score (nSPS) is 14.3. The van der Waals surface area contributed by atoms with Gasteiger partial charge in [0.15, 0.2) is 9.84 Å². The molecule has 2 N–H and O–H groups in total. The molecule has 0 heterocycles. The van der Waals surface area contributed by atoms with Gasteiger partial charge in [-0.15, -0.1) is 11.8 Å². The molecule has 0 saturated heterocycles. The van der Waals surface area contributed by atoms with Crippen LogP contribution >= 0.6 is 11.8 Å². The molecule has 3 nitrogen and oxygen atoms in total. The molecule has 1 aromatic carbocycles. The number of rotatable bonds is 7. The Morgan fingerprint density at radius 2 is 2.00 bits per heavy atom. The molecule has 0 aliphatic rings. The largest absolute Gasteiger partial charge is 0.327 e. The summed E-state index contributed by atoms with van der Waals surface area (Å²) in [6.45, 7) is 3.72. The third kappa shape index (κ3) is 4.61. The Bertz CT molecular complexity index is 553. The molecule has 1 aromatic rings.